The highest BCUT2D eigenvalue weighted by atomic mass is 35.5. The molecule has 1 saturated heterocycles. The molecule has 1 unspecified atom stereocenters. The van der Waals surface area contributed by atoms with Gasteiger partial charge in [-0.2, -0.15) is 4.98 Å². The van der Waals surface area contributed by atoms with Crippen LogP contribution >= 0.6 is 23.2 Å². The number of carbonyl (C=O) groups excluding carboxylic acids is 1. The predicted octanol–water partition coefficient (Wildman–Crippen LogP) is 4.91. The first-order chi connectivity index (χ1) is 16.0. The Morgan fingerprint density at radius 2 is 1.97 bits per heavy atom. The Kier molecular flexibility index (Phi) is 7.37. The summed E-state index contributed by atoms with van der Waals surface area (Å²) in [4.78, 5) is 19.6. The number of aromatic nitrogens is 2. The van der Waals surface area contributed by atoms with Crippen LogP contribution in [-0.2, 0) is 11.3 Å². The lowest BCUT2D eigenvalue weighted by atomic mass is 9.97. The zero-order valence-electron chi connectivity index (χ0n) is 18.3. The number of hydrogen-bond donors (Lipinski definition) is 1. The van der Waals surface area contributed by atoms with Crippen molar-refractivity contribution in [3.63, 3.8) is 0 Å². The average Bonchev–Trinajstić information content (AvgIpc) is 3.28. The molecular formula is C23H24Cl2N4O4. The molecule has 1 aromatic heterocycles. The molecular weight excluding hydrogens is 467 g/mol. The van der Waals surface area contributed by atoms with Gasteiger partial charge in [0, 0.05) is 24.2 Å². The number of halogens is 2. The number of amides is 1. The molecule has 1 aliphatic rings. The van der Waals surface area contributed by atoms with E-state index in [4.69, 9.17) is 37.2 Å². The second-order valence-electron chi connectivity index (χ2n) is 7.74. The molecule has 0 radical (unpaired) electrons. The number of nitrogens with one attached hydrogen (secondary N) is 1. The van der Waals surface area contributed by atoms with E-state index >= 15 is 0 Å². The van der Waals surface area contributed by atoms with Crippen LogP contribution in [0.2, 0.25) is 10.0 Å². The smallest absolute Gasteiger partial charge is 0.241 e. The summed E-state index contributed by atoms with van der Waals surface area (Å²) in [5.41, 5.74) is 1.24. The van der Waals surface area contributed by atoms with E-state index in [0.717, 1.165) is 24.9 Å². The predicted molar refractivity (Wildman–Crippen MR) is 126 cm³/mol. The molecule has 1 atom stereocenters. The van der Waals surface area contributed by atoms with Gasteiger partial charge >= 0.3 is 0 Å². The molecule has 0 aliphatic carbocycles. The fourth-order valence-electron chi connectivity index (χ4n) is 3.87. The summed E-state index contributed by atoms with van der Waals surface area (Å²) < 4.78 is 16.0. The van der Waals surface area contributed by atoms with E-state index in [1.807, 2.05) is 18.2 Å². The Bertz CT molecular complexity index is 1140. The number of rotatable bonds is 7. The summed E-state index contributed by atoms with van der Waals surface area (Å²) in [5, 5.41) is 7.98. The third kappa shape index (κ3) is 5.40. The standard InChI is InChI=1S/C23H24Cl2N4O4/c1-31-19-11-18(20(32-2)10-17(19)25)26-23(30)14-6-5-9-29(12-14)13-21-27-22(28-33-21)15-7-3-4-8-16(15)24/h3-4,7-8,10-11,14H,5-6,9,12-13H2,1-2H3,(H,26,30). The number of hydrogen-bond acceptors (Lipinski definition) is 7. The first-order valence-electron chi connectivity index (χ1n) is 10.5. The number of piperidine rings is 1. The van der Waals surface area contributed by atoms with Gasteiger partial charge in [-0.1, -0.05) is 40.5 Å². The molecule has 1 aliphatic heterocycles. The van der Waals surface area contributed by atoms with Gasteiger partial charge in [0.15, 0.2) is 0 Å². The third-order valence-electron chi connectivity index (χ3n) is 5.55. The number of nitrogens with zero attached hydrogens (tertiary/aromatic N) is 3. The molecule has 3 aromatic rings. The highest BCUT2D eigenvalue weighted by Crippen LogP contribution is 2.36. The van der Waals surface area contributed by atoms with Crippen LogP contribution in [0.3, 0.4) is 0 Å². The molecule has 174 valence electrons. The second kappa shape index (κ2) is 10.4. The molecule has 1 amide bonds. The van der Waals surface area contributed by atoms with Gasteiger partial charge in [-0.25, -0.2) is 0 Å². The fourth-order valence-corrected chi connectivity index (χ4v) is 4.32. The number of anilines is 1. The molecule has 0 spiro atoms. The Morgan fingerprint density at radius 3 is 2.73 bits per heavy atom. The van der Waals surface area contributed by atoms with Crippen molar-refractivity contribution in [2.75, 3.05) is 32.6 Å². The lowest BCUT2D eigenvalue weighted by molar-refractivity contribution is -0.121. The SMILES string of the molecule is COc1cc(NC(=O)C2CCCN(Cc3nc(-c4ccccc4Cl)no3)C2)c(OC)cc1Cl. The molecule has 4 rings (SSSR count). The summed E-state index contributed by atoms with van der Waals surface area (Å²) in [6.07, 6.45) is 1.66. The van der Waals surface area contributed by atoms with Gasteiger partial charge < -0.3 is 19.3 Å². The van der Waals surface area contributed by atoms with Crippen LogP contribution in [0.4, 0.5) is 5.69 Å². The minimum absolute atomic E-state index is 0.0929. The average molecular weight is 491 g/mol. The molecule has 2 heterocycles. The van der Waals surface area contributed by atoms with E-state index in [0.29, 0.717) is 52.0 Å². The van der Waals surface area contributed by atoms with Crippen LogP contribution in [0, 0.1) is 5.92 Å². The summed E-state index contributed by atoms with van der Waals surface area (Å²) >= 11 is 12.4. The van der Waals surface area contributed by atoms with Crippen LogP contribution in [0.15, 0.2) is 40.9 Å². The number of carbonyl (C=O) groups is 1. The maximum atomic E-state index is 13.0. The third-order valence-corrected chi connectivity index (χ3v) is 6.17. The van der Waals surface area contributed by atoms with Crippen molar-refractivity contribution in [3.8, 4) is 22.9 Å². The number of ether oxygens (including phenoxy) is 2. The maximum absolute atomic E-state index is 13.0. The van der Waals surface area contributed by atoms with Gasteiger partial charge in [0.1, 0.15) is 11.5 Å². The molecule has 10 heteroatoms. The number of benzene rings is 2. The van der Waals surface area contributed by atoms with Gasteiger partial charge in [-0.05, 0) is 31.5 Å². The second-order valence-corrected chi connectivity index (χ2v) is 8.56. The van der Waals surface area contributed by atoms with Crippen LogP contribution in [0.5, 0.6) is 11.5 Å². The van der Waals surface area contributed by atoms with Crippen molar-refractivity contribution in [1.82, 2.24) is 15.0 Å². The van der Waals surface area contributed by atoms with Crippen LogP contribution in [0.25, 0.3) is 11.4 Å². The van der Waals surface area contributed by atoms with Gasteiger partial charge in [0.25, 0.3) is 0 Å². The molecule has 8 nitrogen and oxygen atoms in total. The quantitative estimate of drug-likeness (QED) is 0.502. The molecule has 1 N–H and O–H groups in total. The molecule has 0 bridgehead atoms. The largest absolute Gasteiger partial charge is 0.495 e. The van der Waals surface area contributed by atoms with Crippen molar-refractivity contribution in [2.45, 2.75) is 19.4 Å². The first kappa shape index (κ1) is 23.4. The lowest BCUT2D eigenvalue weighted by Gasteiger charge is -2.31. The molecule has 2 aromatic carbocycles. The summed E-state index contributed by atoms with van der Waals surface area (Å²) in [6, 6.07) is 10.6. The van der Waals surface area contributed by atoms with Crippen LogP contribution in [0.1, 0.15) is 18.7 Å². The van der Waals surface area contributed by atoms with Gasteiger partial charge in [0.05, 0.1) is 42.4 Å². The monoisotopic (exact) mass is 490 g/mol. The normalized spacial score (nSPS) is 16.4. The Hall–Kier alpha value is -2.81. The van der Waals surface area contributed by atoms with E-state index in [1.54, 1.807) is 18.2 Å². The van der Waals surface area contributed by atoms with Crippen molar-refractivity contribution < 1.29 is 18.8 Å². The zero-order valence-corrected chi connectivity index (χ0v) is 19.8. The van der Waals surface area contributed by atoms with E-state index in [9.17, 15) is 4.79 Å². The van der Waals surface area contributed by atoms with Crippen molar-refractivity contribution in [2.24, 2.45) is 5.92 Å². The molecule has 33 heavy (non-hydrogen) atoms. The summed E-state index contributed by atoms with van der Waals surface area (Å²) in [7, 11) is 3.05. The van der Waals surface area contributed by atoms with Crippen LogP contribution < -0.4 is 14.8 Å². The number of methoxy groups -OCH3 is 2. The minimum Gasteiger partial charge on any atom is -0.495 e. The van der Waals surface area contributed by atoms with Crippen LogP contribution in [-0.4, -0.2) is 48.3 Å². The van der Waals surface area contributed by atoms with Gasteiger partial charge in [-0.3, -0.25) is 9.69 Å². The fraction of sp³-hybridized carbons (Fsp3) is 0.348. The topological polar surface area (TPSA) is 89.7 Å². The Morgan fingerprint density at radius 1 is 1.18 bits per heavy atom. The van der Waals surface area contributed by atoms with E-state index < -0.39 is 0 Å². The Labute approximate surface area is 201 Å². The first-order valence-corrected chi connectivity index (χ1v) is 11.3. The van der Waals surface area contributed by atoms with Crippen molar-refractivity contribution in [3.05, 3.63) is 52.3 Å². The van der Waals surface area contributed by atoms with E-state index in [1.165, 1.54) is 14.2 Å². The van der Waals surface area contributed by atoms with Gasteiger partial charge in [-0.15, -0.1) is 0 Å². The highest BCUT2D eigenvalue weighted by Gasteiger charge is 2.28. The molecule has 1 fully saturated rings. The number of likely N-dealkylation sites (tertiary alicyclic amines) is 1. The maximum Gasteiger partial charge on any atom is 0.241 e. The highest BCUT2D eigenvalue weighted by molar-refractivity contribution is 6.33. The van der Waals surface area contributed by atoms with Gasteiger partial charge in [0.2, 0.25) is 17.6 Å². The van der Waals surface area contributed by atoms with E-state index in [-0.39, 0.29) is 11.8 Å². The summed E-state index contributed by atoms with van der Waals surface area (Å²) in [5.74, 6) is 1.57. The zero-order chi connectivity index (χ0) is 23.4. The van der Waals surface area contributed by atoms with E-state index in [2.05, 4.69) is 20.4 Å². The minimum atomic E-state index is -0.198. The Balaban J connectivity index is 1.41. The van der Waals surface area contributed by atoms with Crippen molar-refractivity contribution in [1.29, 1.82) is 0 Å². The molecule has 0 saturated carbocycles. The lowest BCUT2D eigenvalue weighted by Crippen LogP contribution is -2.40. The summed E-state index contributed by atoms with van der Waals surface area (Å²) in [6.45, 7) is 1.87. The van der Waals surface area contributed by atoms with Crippen molar-refractivity contribution >= 4 is 34.8 Å².